The number of amides is 2. The standard InChI is InChI=1S/C21H25N3O5S/c1-2-29-18-8-10-19(11-9-18)30(27,28)22-13-12-20(25)23-17-5-3-4-15(14-17)21(26)24-16-6-7-16/h3-5,8-11,14,16,22H,2,6-7,12-13H2,1H3,(H,23,25)(H,24,26). The summed E-state index contributed by atoms with van der Waals surface area (Å²) in [6.45, 7) is 2.28. The molecule has 0 aliphatic heterocycles. The molecule has 1 aliphatic rings. The zero-order valence-corrected chi connectivity index (χ0v) is 17.5. The van der Waals surface area contributed by atoms with Crippen molar-refractivity contribution in [1.82, 2.24) is 10.0 Å². The minimum atomic E-state index is -3.72. The second-order valence-corrected chi connectivity index (χ2v) is 8.70. The van der Waals surface area contributed by atoms with Crippen LogP contribution >= 0.6 is 0 Å². The summed E-state index contributed by atoms with van der Waals surface area (Å²) in [5, 5.41) is 5.57. The second-order valence-electron chi connectivity index (χ2n) is 6.93. The molecule has 0 unspecified atom stereocenters. The number of rotatable bonds is 10. The summed E-state index contributed by atoms with van der Waals surface area (Å²) in [4.78, 5) is 24.4. The Labute approximate surface area is 176 Å². The molecule has 9 heteroatoms. The van der Waals surface area contributed by atoms with Gasteiger partial charge in [0.05, 0.1) is 11.5 Å². The highest BCUT2D eigenvalue weighted by molar-refractivity contribution is 7.89. The highest BCUT2D eigenvalue weighted by Crippen LogP contribution is 2.20. The molecule has 0 saturated heterocycles. The van der Waals surface area contributed by atoms with E-state index in [-0.39, 0.29) is 35.7 Å². The van der Waals surface area contributed by atoms with Crippen LogP contribution in [0.2, 0.25) is 0 Å². The Morgan fingerprint density at radius 3 is 2.50 bits per heavy atom. The third-order valence-corrected chi connectivity index (χ3v) is 5.89. The van der Waals surface area contributed by atoms with Gasteiger partial charge in [0.2, 0.25) is 15.9 Å². The van der Waals surface area contributed by atoms with Crippen LogP contribution in [0.25, 0.3) is 0 Å². The summed E-state index contributed by atoms with van der Waals surface area (Å²) in [5.74, 6) is 0.0599. The Balaban J connectivity index is 1.49. The molecule has 30 heavy (non-hydrogen) atoms. The highest BCUT2D eigenvalue weighted by atomic mass is 32.2. The number of benzene rings is 2. The molecule has 3 N–H and O–H groups in total. The van der Waals surface area contributed by atoms with E-state index in [0.29, 0.717) is 23.6 Å². The first-order valence-corrected chi connectivity index (χ1v) is 11.3. The van der Waals surface area contributed by atoms with Gasteiger partial charge in [-0.05, 0) is 62.2 Å². The SMILES string of the molecule is CCOc1ccc(S(=O)(=O)NCCC(=O)Nc2cccc(C(=O)NC3CC3)c2)cc1. The Morgan fingerprint density at radius 1 is 1.10 bits per heavy atom. The fourth-order valence-electron chi connectivity index (χ4n) is 2.72. The van der Waals surface area contributed by atoms with Gasteiger partial charge in [0.1, 0.15) is 5.75 Å². The molecule has 0 spiro atoms. The van der Waals surface area contributed by atoms with E-state index in [1.807, 2.05) is 6.92 Å². The zero-order chi connectivity index (χ0) is 21.6. The molecule has 0 atom stereocenters. The van der Waals surface area contributed by atoms with Crippen molar-refractivity contribution in [3.63, 3.8) is 0 Å². The smallest absolute Gasteiger partial charge is 0.251 e. The molecule has 0 bridgehead atoms. The van der Waals surface area contributed by atoms with E-state index in [1.54, 1.807) is 36.4 Å². The van der Waals surface area contributed by atoms with E-state index in [9.17, 15) is 18.0 Å². The van der Waals surface area contributed by atoms with Crippen molar-refractivity contribution in [3.05, 3.63) is 54.1 Å². The molecule has 0 heterocycles. The van der Waals surface area contributed by atoms with Crippen LogP contribution < -0.4 is 20.1 Å². The van der Waals surface area contributed by atoms with Crippen LogP contribution in [0.1, 0.15) is 36.5 Å². The van der Waals surface area contributed by atoms with Crippen LogP contribution in [0.4, 0.5) is 5.69 Å². The molecule has 8 nitrogen and oxygen atoms in total. The van der Waals surface area contributed by atoms with Gasteiger partial charge in [-0.15, -0.1) is 0 Å². The molecular weight excluding hydrogens is 406 g/mol. The second kappa shape index (κ2) is 9.73. The average Bonchev–Trinajstić information content (AvgIpc) is 3.53. The lowest BCUT2D eigenvalue weighted by molar-refractivity contribution is -0.116. The molecule has 1 fully saturated rings. The third-order valence-electron chi connectivity index (χ3n) is 4.41. The number of carbonyl (C=O) groups excluding carboxylic acids is 2. The van der Waals surface area contributed by atoms with Gasteiger partial charge in [0.25, 0.3) is 5.91 Å². The van der Waals surface area contributed by atoms with Crippen LogP contribution in [0, 0.1) is 0 Å². The summed E-state index contributed by atoms with van der Waals surface area (Å²) in [7, 11) is -3.72. The Hall–Kier alpha value is -2.91. The van der Waals surface area contributed by atoms with Gasteiger partial charge in [-0.3, -0.25) is 9.59 Å². The zero-order valence-electron chi connectivity index (χ0n) is 16.7. The molecule has 2 aromatic rings. The van der Waals surface area contributed by atoms with Gasteiger partial charge in [0.15, 0.2) is 0 Å². The Kier molecular flexibility index (Phi) is 7.07. The predicted octanol–water partition coefficient (Wildman–Crippen LogP) is 2.28. The molecular formula is C21H25N3O5S. The number of carbonyl (C=O) groups is 2. The molecule has 2 amide bonds. The van der Waals surface area contributed by atoms with E-state index in [0.717, 1.165) is 12.8 Å². The van der Waals surface area contributed by atoms with Gasteiger partial charge in [-0.2, -0.15) is 0 Å². The van der Waals surface area contributed by atoms with Crippen LogP contribution in [-0.4, -0.2) is 39.4 Å². The molecule has 3 rings (SSSR count). The van der Waals surface area contributed by atoms with Gasteiger partial charge in [-0.25, -0.2) is 13.1 Å². The van der Waals surface area contributed by atoms with Gasteiger partial charge in [-0.1, -0.05) is 6.07 Å². The lowest BCUT2D eigenvalue weighted by atomic mass is 10.2. The average molecular weight is 432 g/mol. The minimum absolute atomic E-state index is 0.0469. The molecule has 0 aromatic heterocycles. The summed E-state index contributed by atoms with van der Waals surface area (Å²) in [6.07, 6.45) is 1.94. The largest absolute Gasteiger partial charge is 0.494 e. The van der Waals surface area contributed by atoms with Crippen molar-refractivity contribution >= 4 is 27.5 Å². The van der Waals surface area contributed by atoms with E-state index in [2.05, 4.69) is 15.4 Å². The summed E-state index contributed by atoms with van der Waals surface area (Å²) < 4.78 is 32.4. The number of hydrogen-bond acceptors (Lipinski definition) is 5. The fraction of sp³-hybridized carbons (Fsp3) is 0.333. The molecule has 1 aliphatic carbocycles. The molecule has 0 radical (unpaired) electrons. The van der Waals surface area contributed by atoms with Crippen LogP contribution in [0.3, 0.4) is 0 Å². The van der Waals surface area contributed by atoms with Crippen LogP contribution in [-0.2, 0) is 14.8 Å². The predicted molar refractivity (Wildman–Crippen MR) is 113 cm³/mol. The normalized spacial score (nSPS) is 13.5. The van der Waals surface area contributed by atoms with E-state index < -0.39 is 10.0 Å². The van der Waals surface area contributed by atoms with Crippen molar-refractivity contribution in [2.75, 3.05) is 18.5 Å². The molecule has 160 valence electrons. The summed E-state index contributed by atoms with van der Waals surface area (Å²) >= 11 is 0. The molecule has 1 saturated carbocycles. The Bertz CT molecular complexity index is 1000. The molecule has 2 aromatic carbocycles. The number of anilines is 1. The summed E-state index contributed by atoms with van der Waals surface area (Å²) in [6, 6.07) is 12.9. The van der Waals surface area contributed by atoms with E-state index in [1.165, 1.54) is 12.1 Å². The van der Waals surface area contributed by atoms with E-state index >= 15 is 0 Å². The van der Waals surface area contributed by atoms with Gasteiger partial charge in [0, 0.05) is 30.3 Å². The van der Waals surface area contributed by atoms with Gasteiger partial charge < -0.3 is 15.4 Å². The highest BCUT2D eigenvalue weighted by Gasteiger charge is 2.23. The Morgan fingerprint density at radius 2 is 1.83 bits per heavy atom. The lowest BCUT2D eigenvalue weighted by Gasteiger charge is -2.09. The first-order chi connectivity index (χ1) is 14.4. The van der Waals surface area contributed by atoms with Crippen LogP contribution in [0.5, 0.6) is 5.75 Å². The van der Waals surface area contributed by atoms with Gasteiger partial charge >= 0.3 is 0 Å². The van der Waals surface area contributed by atoms with Crippen molar-refractivity contribution in [1.29, 1.82) is 0 Å². The maximum Gasteiger partial charge on any atom is 0.251 e. The number of hydrogen-bond donors (Lipinski definition) is 3. The summed E-state index contributed by atoms with van der Waals surface area (Å²) in [5.41, 5.74) is 0.953. The van der Waals surface area contributed by atoms with Crippen molar-refractivity contribution < 1.29 is 22.7 Å². The van der Waals surface area contributed by atoms with Crippen molar-refractivity contribution in [3.8, 4) is 5.75 Å². The monoisotopic (exact) mass is 431 g/mol. The first kappa shape index (κ1) is 21.8. The van der Waals surface area contributed by atoms with Crippen molar-refractivity contribution in [2.24, 2.45) is 0 Å². The minimum Gasteiger partial charge on any atom is -0.494 e. The number of ether oxygens (including phenoxy) is 1. The quantitative estimate of drug-likeness (QED) is 0.534. The number of nitrogens with one attached hydrogen (secondary N) is 3. The topological polar surface area (TPSA) is 114 Å². The van der Waals surface area contributed by atoms with Crippen LogP contribution in [0.15, 0.2) is 53.4 Å². The van der Waals surface area contributed by atoms with Crippen molar-refractivity contribution in [2.45, 2.75) is 37.1 Å². The fourth-order valence-corrected chi connectivity index (χ4v) is 3.75. The maximum atomic E-state index is 12.3. The third kappa shape index (κ3) is 6.30. The maximum absolute atomic E-state index is 12.3. The first-order valence-electron chi connectivity index (χ1n) is 9.80. The number of sulfonamides is 1. The lowest BCUT2D eigenvalue weighted by Crippen LogP contribution is -2.28. The van der Waals surface area contributed by atoms with E-state index in [4.69, 9.17) is 4.74 Å².